The number of rotatable bonds is 4. The predicted octanol–water partition coefficient (Wildman–Crippen LogP) is 4.45. The van der Waals surface area contributed by atoms with Crippen molar-refractivity contribution in [2.75, 3.05) is 5.75 Å². The smallest absolute Gasteiger partial charge is 0.173 e. The number of hydrogen-bond acceptors (Lipinski definition) is 2. The maximum atomic E-state index is 12.2. The predicted molar refractivity (Wildman–Crippen MR) is 84.5 cm³/mol. The second-order valence-corrected chi connectivity index (χ2v) is 5.82. The van der Waals surface area contributed by atoms with Gasteiger partial charge in [0.15, 0.2) is 5.78 Å². The minimum atomic E-state index is 0.164. The van der Waals surface area contributed by atoms with Gasteiger partial charge in [-0.2, -0.15) is 0 Å². The second kappa shape index (κ2) is 5.55. The van der Waals surface area contributed by atoms with Gasteiger partial charge in [0.25, 0.3) is 0 Å². The first-order valence-corrected chi connectivity index (χ1v) is 7.51. The first-order chi connectivity index (χ1) is 9.72. The van der Waals surface area contributed by atoms with E-state index < -0.39 is 0 Å². The summed E-state index contributed by atoms with van der Waals surface area (Å²) in [7, 11) is 0. The highest BCUT2D eigenvalue weighted by molar-refractivity contribution is 7.99. The molecule has 0 spiro atoms. The largest absolute Gasteiger partial charge is 0.350 e. The normalized spacial score (nSPS) is 10.8. The summed E-state index contributed by atoms with van der Waals surface area (Å²) in [5.41, 5.74) is 3.01. The van der Waals surface area contributed by atoms with Gasteiger partial charge in [-0.25, -0.2) is 0 Å². The van der Waals surface area contributed by atoms with E-state index in [1.54, 1.807) is 11.8 Å². The van der Waals surface area contributed by atoms with Crippen LogP contribution in [0, 0.1) is 6.92 Å². The van der Waals surface area contributed by atoms with Gasteiger partial charge in [-0.15, -0.1) is 11.8 Å². The van der Waals surface area contributed by atoms with Crippen LogP contribution in [0.2, 0.25) is 0 Å². The van der Waals surface area contributed by atoms with E-state index in [1.807, 2.05) is 49.4 Å². The molecule has 0 saturated carbocycles. The molecule has 0 bridgehead atoms. The van der Waals surface area contributed by atoms with Gasteiger partial charge in [-0.3, -0.25) is 4.79 Å². The molecule has 0 radical (unpaired) electrons. The molecule has 20 heavy (non-hydrogen) atoms. The molecule has 0 aliphatic carbocycles. The molecule has 0 aliphatic rings. The van der Waals surface area contributed by atoms with E-state index in [0.29, 0.717) is 5.75 Å². The summed E-state index contributed by atoms with van der Waals surface area (Å²) in [6.07, 6.45) is 0. The summed E-state index contributed by atoms with van der Waals surface area (Å²) in [4.78, 5) is 15.5. The maximum Gasteiger partial charge on any atom is 0.173 e. The number of aromatic nitrogens is 1. The Morgan fingerprint density at radius 3 is 2.75 bits per heavy atom. The van der Waals surface area contributed by atoms with Gasteiger partial charge in [0, 0.05) is 16.5 Å². The van der Waals surface area contributed by atoms with Gasteiger partial charge < -0.3 is 4.98 Å². The average molecular weight is 281 g/mol. The second-order valence-electron chi connectivity index (χ2n) is 4.80. The number of carbonyl (C=O) groups is 1. The van der Waals surface area contributed by atoms with Gasteiger partial charge in [-0.1, -0.05) is 42.0 Å². The van der Waals surface area contributed by atoms with Crippen LogP contribution in [0.4, 0.5) is 0 Å². The Labute approximate surface area is 122 Å². The number of aryl methyl sites for hydroxylation is 1. The lowest BCUT2D eigenvalue weighted by Crippen LogP contribution is -2.02. The maximum absolute atomic E-state index is 12.2. The van der Waals surface area contributed by atoms with Gasteiger partial charge >= 0.3 is 0 Å². The highest BCUT2D eigenvalue weighted by Crippen LogP contribution is 2.23. The fourth-order valence-corrected chi connectivity index (χ4v) is 3.02. The molecule has 1 aromatic heterocycles. The van der Waals surface area contributed by atoms with Crippen molar-refractivity contribution in [2.45, 2.75) is 11.9 Å². The number of benzene rings is 2. The molecule has 1 heterocycles. The van der Waals surface area contributed by atoms with Crippen molar-refractivity contribution in [3.8, 4) is 0 Å². The SMILES string of the molecule is Cc1cccc(C(=O)CSc2cc3ccccc3[nH]2)c1. The fraction of sp³-hybridized carbons (Fsp3) is 0.118. The summed E-state index contributed by atoms with van der Waals surface area (Å²) in [6.45, 7) is 2.00. The minimum absolute atomic E-state index is 0.164. The summed E-state index contributed by atoms with van der Waals surface area (Å²) in [5, 5.41) is 2.21. The van der Waals surface area contributed by atoms with Crippen molar-refractivity contribution in [2.24, 2.45) is 0 Å². The van der Waals surface area contributed by atoms with Crippen molar-refractivity contribution in [3.05, 3.63) is 65.7 Å². The van der Waals surface area contributed by atoms with Gasteiger partial charge in [0.2, 0.25) is 0 Å². The summed E-state index contributed by atoms with van der Waals surface area (Å²) in [5.74, 6) is 0.619. The number of carbonyl (C=O) groups excluding carboxylic acids is 1. The van der Waals surface area contributed by atoms with Crippen LogP contribution in [0.25, 0.3) is 10.9 Å². The lowest BCUT2D eigenvalue weighted by Gasteiger charge is -2.01. The Kier molecular flexibility index (Phi) is 3.61. The molecular weight excluding hydrogens is 266 g/mol. The molecule has 2 nitrogen and oxygen atoms in total. The number of fused-ring (bicyclic) bond motifs is 1. The molecule has 3 heteroatoms. The first-order valence-electron chi connectivity index (χ1n) is 6.53. The highest BCUT2D eigenvalue weighted by atomic mass is 32.2. The highest BCUT2D eigenvalue weighted by Gasteiger charge is 2.08. The van der Waals surface area contributed by atoms with Crippen LogP contribution in [0.15, 0.2) is 59.6 Å². The number of aromatic amines is 1. The number of Topliss-reactive ketones (excluding diaryl/α,β-unsaturated/α-hetero) is 1. The van der Waals surface area contributed by atoms with Crippen LogP contribution in [0.3, 0.4) is 0 Å². The van der Waals surface area contributed by atoms with Gasteiger partial charge in [0.05, 0.1) is 10.8 Å². The van der Waals surface area contributed by atoms with E-state index in [1.165, 1.54) is 5.39 Å². The zero-order valence-electron chi connectivity index (χ0n) is 11.2. The molecule has 3 aromatic rings. The van der Waals surface area contributed by atoms with E-state index in [4.69, 9.17) is 0 Å². The van der Waals surface area contributed by atoms with Gasteiger partial charge in [-0.05, 0) is 25.1 Å². The Hall–Kier alpha value is -2.00. The first kappa shape index (κ1) is 13.0. The Bertz CT molecular complexity index is 727. The average Bonchev–Trinajstić information content (AvgIpc) is 2.87. The molecule has 1 N–H and O–H groups in total. The quantitative estimate of drug-likeness (QED) is 0.566. The third kappa shape index (κ3) is 2.78. The molecular formula is C17H15NOS. The van der Waals surface area contributed by atoms with Crippen LogP contribution in [0.1, 0.15) is 15.9 Å². The van der Waals surface area contributed by atoms with E-state index in [2.05, 4.69) is 17.1 Å². The number of para-hydroxylation sites is 1. The third-order valence-electron chi connectivity index (χ3n) is 3.20. The van der Waals surface area contributed by atoms with Crippen molar-refractivity contribution < 1.29 is 4.79 Å². The molecule has 0 amide bonds. The van der Waals surface area contributed by atoms with Crippen LogP contribution in [-0.2, 0) is 0 Å². The lowest BCUT2D eigenvalue weighted by atomic mass is 10.1. The zero-order valence-corrected chi connectivity index (χ0v) is 12.0. The summed E-state index contributed by atoms with van der Waals surface area (Å²) < 4.78 is 0. The molecule has 2 aromatic carbocycles. The topological polar surface area (TPSA) is 32.9 Å². The fourth-order valence-electron chi connectivity index (χ4n) is 2.17. The molecule has 0 unspecified atom stereocenters. The van der Waals surface area contributed by atoms with E-state index in [0.717, 1.165) is 21.7 Å². The number of thioether (sulfide) groups is 1. The van der Waals surface area contributed by atoms with Crippen molar-refractivity contribution in [3.63, 3.8) is 0 Å². The zero-order chi connectivity index (χ0) is 13.9. The molecule has 0 atom stereocenters. The van der Waals surface area contributed by atoms with Crippen LogP contribution >= 0.6 is 11.8 Å². The Morgan fingerprint density at radius 2 is 1.95 bits per heavy atom. The minimum Gasteiger partial charge on any atom is -0.350 e. The Balaban J connectivity index is 1.71. The molecule has 0 saturated heterocycles. The van der Waals surface area contributed by atoms with E-state index >= 15 is 0 Å². The van der Waals surface area contributed by atoms with Crippen molar-refractivity contribution in [1.82, 2.24) is 4.98 Å². The Morgan fingerprint density at radius 1 is 1.10 bits per heavy atom. The summed E-state index contributed by atoms with van der Waals surface area (Å²) in [6, 6.07) is 18.0. The molecule has 100 valence electrons. The lowest BCUT2D eigenvalue weighted by molar-refractivity contribution is 0.102. The number of ketones is 1. The van der Waals surface area contributed by atoms with E-state index in [-0.39, 0.29) is 5.78 Å². The number of H-pyrrole nitrogens is 1. The van der Waals surface area contributed by atoms with Crippen LogP contribution < -0.4 is 0 Å². The van der Waals surface area contributed by atoms with Crippen molar-refractivity contribution >= 4 is 28.4 Å². The van der Waals surface area contributed by atoms with Crippen LogP contribution in [-0.4, -0.2) is 16.5 Å². The molecule has 0 fully saturated rings. The summed E-state index contributed by atoms with van der Waals surface area (Å²) >= 11 is 1.55. The number of hydrogen-bond donors (Lipinski definition) is 1. The van der Waals surface area contributed by atoms with E-state index in [9.17, 15) is 4.79 Å². The standard InChI is InChI=1S/C17H15NOS/c1-12-5-4-7-14(9-12)16(19)11-20-17-10-13-6-2-3-8-15(13)18-17/h2-10,18H,11H2,1H3. The molecule has 0 aliphatic heterocycles. The van der Waals surface area contributed by atoms with Crippen LogP contribution in [0.5, 0.6) is 0 Å². The number of nitrogens with one attached hydrogen (secondary N) is 1. The monoisotopic (exact) mass is 281 g/mol. The molecule has 3 rings (SSSR count). The third-order valence-corrected chi connectivity index (χ3v) is 4.14. The van der Waals surface area contributed by atoms with Crippen molar-refractivity contribution in [1.29, 1.82) is 0 Å². The van der Waals surface area contributed by atoms with Gasteiger partial charge in [0.1, 0.15) is 0 Å².